The first-order valence-corrected chi connectivity index (χ1v) is 5.94. The third kappa shape index (κ3) is 5.85. The summed E-state index contributed by atoms with van der Waals surface area (Å²) < 4.78 is 0. The number of Topliss-reactive ketones (excluding diaryl/α,β-unsaturated/α-hetero) is 1. The normalized spacial score (nSPS) is 10.0. The first-order chi connectivity index (χ1) is 8.08. The number of aryl methyl sites for hydroxylation is 1. The predicted octanol–water partition coefficient (Wildman–Crippen LogP) is 2.95. The zero-order valence-electron chi connectivity index (χ0n) is 10.5. The maximum absolute atomic E-state index is 10.8. The van der Waals surface area contributed by atoms with E-state index in [4.69, 9.17) is 0 Å². The van der Waals surface area contributed by atoms with Crippen molar-refractivity contribution in [2.75, 3.05) is 5.32 Å². The van der Waals surface area contributed by atoms with Gasteiger partial charge in [-0.1, -0.05) is 12.1 Å². The summed E-state index contributed by atoms with van der Waals surface area (Å²) in [5.74, 6) is 0.199. The molecule has 1 aromatic rings. The van der Waals surface area contributed by atoms with E-state index in [1.54, 1.807) is 6.92 Å². The first kappa shape index (κ1) is 13.4. The van der Waals surface area contributed by atoms with Crippen LogP contribution in [0.5, 0.6) is 0 Å². The molecule has 1 N–H and O–H groups in total. The number of ketones is 1. The van der Waals surface area contributed by atoms with Gasteiger partial charge < -0.3 is 10.1 Å². The van der Waals surface area contributed by atoms with Crippen LogP contribution >= 0.6 is 0 Å². The Kier molecular flexibility index (Phi) is 5.40. The first-order valence-electron chi connectivity index (χ1n) is 5.94. The maximum atomic E-state index is 10.8. The zero-order chi connectivity index (χ0) is 12.7. The lowest BCUT2D eigenvalue weighted by molar-refractivity contribution is -0.117. The number of benzene rings is 1. The van der Waals surface area contributed by atoms with Gasteiger partial charge in [0.15, 0.2) is 0 Å². The lowest BCUT2D eigenvalue weighted by atomic mass is 10.1. The van der Waals surface area contributed by atoms with Crippen molar-refractivity contribution in [2.24, 2.45) is 0 Å². The van der Waals surface area contributed by atoms with Gasteiger partial charge in [0.1, 0.15) is 5.78 Å². The van der Waals surface area contributed by atoms with Crippen LogP contribution < -0.4 is 5.32 Å². The number of nitrogens with one attached hydrogen (secondary N) is 1. The summed E-state index contributed by atoms with van der Waals surface area (Å²) in [7, 11) is 0. The van der Waals surface area contributed by atoms with E-state index in [9.17, 15) is 9.59 Å². The van der Waals surface area contributed by atoms with Crippen molar-refractivity contribution in [1.29, 1.82) is 0 Å². The Morgan fingerprint density at radius 2 is 1.71 bits per heavy atom. The Morgan fingerprint density at radius 3 is 2.24 bits per heavy atom. The summed E-state index contributed by atoms with van der Waals surface area (Å²) in [5.41, 5.74) is 2.06. The van der Waals surface area contributed by atoms with Crippen LogP contribution in [0.15, 0.2) is 24.3 Å². The Bertz CT molecular complexity index is 382. The van der Waals surface area contributed by atoms with E-state index in [-0.39, 0.29) is 11.7 Å². The average Bonchev–Trinajstić information content (AvgIpc) is 2.25. The van der Waals surface area contributed by atoms with Crippen LogP contribution in [0.2, 0.25) is 0 Å². The second-order valence-electron chi connectivity index (χ2n) is 4.29. The molecule has 0 saturated carbocycles. The average molecular weight is 233 g/mol. The summed E-state index contributed by atoms with van der Waals surface area (Å²) >= 11 is 0. The summed E-state index contributed by atoms with van der Waals surface area (Å²) in [5, 5.41) is 2.73. The second-order valence-corrected chi connectivity index (χ2v) is 4.29. The number of rotatable bonds is 6. The maximum Gasteiger partial charge on any atom is 0.221 e. The van der Waals surface area contributed by atoms with Gasteiger partial charge >= 0.3 is 0 Å². The molecule has 3 heteroatoms. The number of carbonyl (C=O) groups is 2. The molecule has 0 aliphatic heterocycles. The molecule has 92 valence electrons. The molecule has 0 bridgehead atoms. The van der Waals surface area contributed by atoms with Gasteiger partial charge in [-0.05, 0) is 43.9 Å². The molecule has 0 radical (unpaired) electrons. The monoisotopic (exact) mass is 233 g/mol. The molecule has 0 spiro atoms. The Labute approximate surface area is 102 Å². The molecule has 0 aliphatic carbocycles. The summed E-state index contributed by atoms with van der Waals surface area (Å²) in [6.07, 6.45) is 3.62. The van der Waals surface area contributed by atoms with Crippen LogP contribution in [0.4, 0.5) is 5.69 Å². The lowest BCUT2D eigenvalue weighted by Crippen LogP contribution is -2.05. The summed E-state index contributed by atoms with van der Waals surface area (Å²) in [6.45, 7) is 3.12. The minimum atomic E-state index is -0.0563. The van der Waals surface area contributed by atoms with E-state index >= 15 is 0 Å². The number of carbonyl (C=O) groups excluding carboxylic acids is 2. The van der Waals surface area contributed by atoms with Crippen molar-refractivity contribution < 1.29 is 9.59 Å². The molecule has 0 unspecified atom stereocenters. The highest BCUT2D eigenvalue weighted by molar-refractivity contribution is 5.88. The van der Waals surface area contributed by atoms with Crippen LogP contribution in [0, 0.1) is 0 Å². The number of hydrogen-bond donors (Lipinski definition) is 1. The largest absolute Gasteiger partial charge is 0.326 e. The van der Waals surface area contributed by atoms with E-state index in [0.717, 1.165) is 24.9 Å². The van der Waals surface area contributed by atoms with E-state index in [1.807, 2.05) is 24.3 Å². The van der Waals surface area contributed by atoms with Gasteiger partial charge in [0.05, 0.1) is 0 Å². The van der Waals surface area contributed by atoms with E-state index in [1.165, 1.54) is 12.5 Å². The zero-order valence-corrected chi connectivity index (χ0v) is 10.5. The number of amides is 1. The molecule has 3 nitrogen and oxygen atoms in total. The highest BCUT2D eigenvalue weighted by atomic mass is 16.1. The van der Waals surface area contributed by atoms with Crippen LogP contribution in [-0.4, -0.2) is 11.7 Å². The number of hydrogen-bond acceptors (Lipinski definition) is 2. The minimum absolute atomic E-state index is 0.0563. The molecule has 0 atom stereocenters. The molecular formula is C14H19NO2. The van der Waals surface area contributed by atoms with Gasteiger partial charge in [-0.15, -0.1) is 0 Å². The van der Waals surface area contributed by atoms with E-state index in [0.29, 0.717) is 6.42 Å². The molecule has 1 aromatic carbocycles. The fourth-order valence-electron chi connectivity index (χ4n) is 1.66. The van der Waals surface area contributed by atoms with E-state index < -0.39 is 0 Å². The number of anilines is 1. The standard InChI is InChI=1S/C14H19NO2/c1-11(16)5-3-4-6-13-7-9-14(10-8-13)15-12(2)17/h7-10H,3-6H2,1-2H3,(H,15,17). The van der Waals surface area contributed by atoms with Crippen molar-refractivity contribution >= 4 is 17.4 Å². The van der Waals surface area contributed by atoms with Crippen LogP contribution in [-0.2, 0) is 16.0 Å². The van der Waals surface area contributed by atoms with Crippen molar-refractivity contribution in [2.45, 2.75) is 39.5 Å². The van der Waals surface area contributed by atoms with Gasteiger partial charge in [0.25, 0.3) is 0 Å². The molecule has 1 rings (SSSR count). The van der Waals surface area contributed by atoms with Crippen molar-refractivity contribution in [1.82, 2.24) is 0 Å². The third-order valence-corrected chi connectivity index (χ3v) is 2.52. The second kappa shape index (κ2) is 6.84. The van der Waals surface area contributed by atoms with Gasteiger partial charge in [0, 0.05) is 19.0 Å². The SMILES string of the molecule is CC(=O)CCCCc1ccc(NC(C)=O)cc1. The van der Waals surface area contributed by atoms with Gasteiger partial charge in [-0.3, -0.25) is 4.79 Å². The van der Waals surface area contributed by atoms with Crippen molar-refractivity contribution in [3.63, 3.8) is 0 Å². The molecule has 0 fully saturated rings. The number of unbranched alkanes of at least 4 members (excludes halogenated alkanes) is 1. The highest BCUT2D eigenvalue weighted by Crippen LogP contribution is 2.12. The molecule has 0 aromatic heterocycles. The smallest absolute Gasteiger partial charge is 0.221 e. The quantitative estimate of drug-likeness (QED) is 0.768. The lowest BCUT2D eigenvalue weighted by Gasteiger charge is -2.04. The predicted molar refractivity (Wildman–Crippen MR) is 69.0 cm³/mol. The van der Waals surface area contributed by atoms with Crippen molar-refractivity contribution in [3.05, 3.63) is 29.8 Å². The molecule has 0 saturated heterocycles. The third-order valence-electron chi connectivity index (χ3n) is 2.52. The Hall–Kier alpha value is -1.64. The van der Waals surface area contributed by atoms with Gasteiger partial charge in [-0.2, -0.15) is 0 Å². The topological polar surface area (TPSA) is 46.2 Å². The Morgan fingerprint density at radius 1 is 1.06 bits per heavy atom. The molecule has 0 aliphatic rings. The fraction of sp³-hybridized carbons (Fsp3) is 0.429. The highest BCUT2D eigenvalue weighted by Gasteiger charge is 1.98. The van der Waals surface area contributed by atoms with Gasteiger partial charge in [0.2, 0.25) is 5.91 Å². The van der Waals surface area contributed by atoms with Crippen molar-refractivity contribution in [3.8, 4) is 0 Å². The molecular weight excluding hydrogens is 214 g/mol. The van der Waals surface area contributed by atoms with Crippen LogP contribution in [0.25, 0.3) is 0 Å². The fourth-order valence-corrected chi connectivity index (χ4v) is 1.66. The molecule has 1 amide bonds. The molecule has 17 heavy (non-hydrogen) atoms. The summed E-state index contributed by atoms with van der Waals surface area (Å²) in [6, 6.07) is 7.83. The molecule has 0 heterocycles. The van der Waals surface area contributed by atoms with E-state index in [2.05, 4.69) is 5.32 Å². The summed E-state index contributed by atoms with van der Waals surface area (Å²) in [4.78, 5) is 21.6. The van der Waals surface area contributed by atoms with Crippen LogP contribution in [0.3, 0.4) is 0 Å². The van der Waals surface area contributed by atoms with Gasteiger partial charge in [-0.25, -0.2) is 0 Å². The van der Waals surface area contributed by atoms with Crippen LogP contribution in [0.1, 0.15) is 38.7 Å². The minimum Gasteiger partial charge on any atom is -0.326 e. The Balaban J connectivity index is 2.35.